The van der Waals surface area contributed by atoms with Gasteiger partial charge in [-0.05, 0) is 18.9 Å². The van der Waals surface area contributed by atoms with Crippen molar-refractivity contribution < 1.29 is 4.79 Å². The third-order valence-electron chi connectivity index (χ3n) is 3.47. The van der Waals surface area contributed by atoms with E-state index in [4.69, 9.17) is 0 Å². The van der Waals surface area contributed by atoms with Crippen LogP contribution in [0.4, 0.5) is 0 Å². The molecule has 0 aromatic heterocycles. The molecule has 0 aromatic rings. The molecule has 100 valence electrons. The number of nitrogens with one attached hydrogen (secondary N) is 1. The quantitative estimate of drug-likeness (QED) is 0.661. The molecule has 0 aliphatic carbocycles. The van der Waals surface area contributed by atoms with Crippen LogP contribution in [0.25, 0.3) is 0 Å². The molecule has 1 unspecified atom stereocenters. The zero-order chi connectivity index (χ0) is 12.7. The summed E-state index contributed by atoms with van der Waals surface area (Å²) in [5.41, 5.74) is 0. The fourth-order valence-electron chi connectivity index (χ4n) is 2.43. The average Bonchev–Trinajstić information content (AvgIpc) is 2.28. The first-order chi connectivity index (χ1) is 8.19. The van der Waals surface area contributed by atoms with Gasteiger partial charge in [0.05, 0.1) is 6.04 Å². The highest BCUT2D eigenvalue weighted by molar-refractivity contribution is 5.82. The largest absolute Gasteiger partial charge is 0.341 e. The standard InChI is InChI=1S/C14H28N2O/c1-4-6-7-8-9-13(15-5-2)14(17)16-10-12(3)11-16/h12-13,15H,4-11H2,1-3H3. The molecule has 0 aromatic carbocycles. The summed E-state index contributed by atoms with van der Waals surface area (Å²) in [4.78, 5) is 14.2. The summed E-state index contributed by atoms with van der Waals surface area (Å²) >= 11 is 0. The molecule has 1 aliphatic heterocycles. The molecule has 0 spiro atoms. The Bertz CT molecular complexity index is 224. The zero-order valence-corrected chi connectivity index (χ0v) is 11.7. The topological polar surface area (TPSA) is 32.3 Å². The Morgan fingerprint density at radius 2 is 2.00 bits per heavy atom. The minimum absolute atomic E-state index is 0.0596. The minimum Gasteiger partial charge on any atom is -0.341 e. The Labute approximate surface area is 106 Å². The molecule has 1 fully saturated rings. The lowest BCUT2D eigenvalue weighted by atomic mass is 9.99. The van der Waals surface area contributed by atoms with Gasteiger partial charge in [-0.1, -0.05) is 46.5 Å². The summed E-state index contributed by atoms with van der Waals surface area (Å²) in [6, 6.07) is 0.0596. The summed E-state index contributed by atoms with van der Waals surface area (Å²) in [6.07, 6.45) is 5.96. The molecule has 3 nitrogen and oxygen atoms in total. The van der Waals surface area contributed by atoms with Gasteiger partial charge in [0, 0.05) is 13.1 Å². The van der Waals surface area contributed by atoms with Crippen LogP contribution in [-0.2, 0) is 4.79 Å². The van der Waals surface area contributed by atoms with E-state index >= 15 is 0 Å². The van der Waals surface area contributed by atoms with Crippen LogP contribution < -0.4 is 5.32 Å². The van der Waals surface area contributed by atoms with Gasteiger partial charge >= 0.3 is 0 Å². The number of carbonyl (C=O) groups is 1. The molecule has 1 aliphatic rings. The smallest absolute Gasteiger partial charge is 0.239 e. The number of rotatable bonds is 8. The molecule has 3 heteroatoms. The Morgan fingerprint density at radius 1 is 1.29 bits per heavy atom. The maximum absolute atomic E-state index is 12.2. The first kappa shape index (κ1) is 14.5. The molecular weight excluding hydrogens is 212 g/mol. The number of hydrogen-bond acceptors (Lipinski definition) is 2. The fourth-order valence-corrected chi connectivity index (χ4v) is 2.43. The lowest BCUT2D eigenvalue weighted by molar-refractivity contribution is -0.139. The van der Waals surface area contributed by atoms with Gasteiger partial charge in [0.25, 0.3) is 0 Å². The van der Waals surface area contributed by atoms with Crippen molar-refractivity contribution in [2.75, 3.05) is 19.6 Å². The second-order valence-electron chi connectivity index (χ2n) is 5.31. The van der Waals surface area contributed by atoms with E-state index in [0.29, 0.717) is 11.8 Å². The molecule has 0 saturated carbocycles. The van der Waals surface area contributed by atoms with E-state index in [1.165, 1.54) is 25.7 Å². The molecule has 1 saturated heterocycles. The highest BCUT2D eigenvalue weighted by Gasteiger charge is 2.31. The number of nitrogens with zero attached hydrogens (tertiary/aromatic N) is 1. The van der Waals surface area contributed by atoms with Crippen LogP contribution >= 0.6 is 0 Å². The van der Waals surface area contributed by atoms with Crippen LogP contribution in [0, 0.1) is 5.92 Å². The van der Waals surface area contributed by atoms with Gasteiger partial charge in [-0.2, -0.15) is 0 Å². The summed E-state index contributed by atoms with van der Waals surface area (Å²) in [5, 5.41) is 3.33. The zero-order valence-electron chi connectivity index (χ0n) is 11.7. The van der Waals surface area contributed by atoms with Gasteiger partial charge in [-0.25, -0.2) is 0 Å². The number of unbranched alkanes of at least 4 members (excludes halogenated alkanes) is 3. The first-order valence-corrected chi connectivity index (χ1v) is 7.21. The monoisotopic (exact) mass is 240 g/mol. The van der Waals surface area contributed by atoms with Crippen LogP contribution in [-0.4, -0.2) is 36.5 Å². The number of likely N-dealkylation sites (tertiary alicyclic amines) is 1. The van der Waals surface area contributed by atoms with Gasteiger partial charge in [0.1, 0.15) is 0 Å². The van der Waals surface area contributed by atoms with E-state index in [2.05, 4.69) is 26.1 Å². The third kappa shape index (κ3) is 4.66. The normalized spacial score (nSPS) is 17.9. The van der Waals surface area contributed by atoms with Crippen molar-refractivity contribution in [3.63, 3.8) is 0 Å². The molecule has 1 amide bonds. The van der Waals surface area contributed by atoms with Gasteiger partial charge < -0.3 is 10.2 Å². The molecule has 1 rings (SSSR count). The van der Waals surface area contributed by atoms with E-state index in [-0.39, 0.29) is 6.04 Å². The van der Waals surface area contributed by atoms with E-state index < -0.39 is 0 Å². The minimum atomic E-state index is 0.0596. The predicted octanol–water partition coefficient (Wildman–Crippen LogP) is 2.41. The van der Waals surface area contributed by atoms with Crippen molar-refractivity contribution in [2.24, 2.45) is 5.92 Å². The van der Waals surface area contributed by atoms with E-state index in [1.807, 2.05) is 4.90 Å². The summed E-state index contributed by atoms with van der Waals surface area (Å²) in [7, 11) is 0. The van der Waals surface area contributed by atoms with Crippen molar-refractivity contribution in [3.05, 3.63) is 0 Å². The van der Waals surface area contributed by atoms with Crippen LogP contribution in [0.5, 0.6) is 0 Å². The maximum Gasteiger partial charge on any atom is 0.239 e. The SMILES string of the molecule is CCCCCCC(NCC)C(=O)N1CC(C)C1. The fraction of sp³-hybridized carbons (Fsp3) is 0.929. The van der Waals surface area contributed by atoms with Crippen molar-refractivity contribution in [1.82, 2.24) is 10.2 Å². The Morgan fingerprint density at radius 3 is 2.53 bits per heavy atom. The summed E-state index contributed by atoms with van der Waals surface area (Å²) in [6.45, 7) is 9.28. The van der Waals surface area contributed by atoms with Gasteiger partial charge in [0.15, 0.2) is 0 Å². The average molecular weight is 240 g/mol. The highest BCUT2D eigenvalue weighted by atomic mass is 16.2. The molecule has 17 heavy (non-hydrogen) atoms. The van der Waals surface area contributed by atoms with Crippen LogP contribution in [0.2, 0.25) is 0 Å². The van der Waals surface area contributed by atoms with Crippen molar-refractivity contribution >= 4 is 5.91 Å². The Kier molecular flexibility index (Phi) is 6.56. The van der Waals surface area contributed by atoms with Crippen molar-refractivity contribution in [1.29, 1.82) is 0 Å². The molecule has 1 N–H and O–H groups in total. The van der Waals surface area contributed by atoms with Crippen LogP contribution in [0.3, 0.4) is 0 Å². The van der Waals surface area contributed by atoms with E-state index in [1.54, 1.807) is 0 Å². The lowest BCUT2D eigenvalue weighted by Crippen LogP contribution is -2.55. The molecular formula is C14H28N2O. The number of carbonyl (C=O) groups excluding carboxylic acids is 1. The summed E-state index contributed by atoms with van der Waals surface area (Å²) in [5.74, 6) is 1.02. The van der Waals surface area contributed by atoms with E-state index in [9.17, 15) is 4.79 Å². The Hall–Kier alpha value is -0.570. The maximum atomic E-state index is 12.2. The first-order valence-electron chi connectivity index (χ1n) is 7.21. The number of hydrogen-bond donors (Lipinski definition) is 1. The lowest BCUT2D eigenvalue weighted by Gasteiger charge is -2.39. The Balaban J connectivity index is 2.28. The van der Waals surface area contributed by atoms with Gasteiger partial charge in [-0.3, -0.25) is 4.79 Å². The van der Waals surface area contributed by atoms with Crippen molar-refractivity contribution in [3.8, 4) is 0 Å². The second-order valence-corrected chi connectivity index (χ2v) is 5.31. The predicted molar refractivity (Wildman–Crippen MR) is 72.0 cm³/mol. The highest BCUT2D eigenvalue weighted by Crippen LogP contribution is 2.17. The molecule has 0 radical (unpaired) electrons. The van der Waals surface area contributed by atoms with Crippen LogP contribution in [0.15, 0.2) is 0 Å². The van der Waals surface area contributed by atoms with E-state index in [0.717, 1.165) is 26.1 Å². The third-order valence-corrected chi connectivity index (χ3v) is 3.47. The second kappa shape index (κ2) is 7.70. The van der Waals surface area contributed by atoms with Crippen LogP contribution in [0.1, 0.15) is 52.9 Å². The number of amides is 1. The van der Waals surface area contributed by atoms with Gasteiger partial charge in [-0.15, -0.1) is 0 Å². The molecule has 1 atom stereocenters. The molecule has 0 bridgehead atoms. The van der Waals surface area contributed by atoms with Crippen molar-refractivity contribution in [2.45, 2.75) is 58.9 Å². The molecule has 1 heterocycles. The van der Waals surface area contributed by atoms with Gasteiger partial charge in [0.2, 0.25) is 5.91 Å². The number of likely N-dealkylation sites (N-methyl/N-ethyl adjacent to an activating group) is 1. The summed E-state index contributed by atoms with van der Waals surface area (Å²) < 4.78 is 0.